The van der Waals surface area contributed by atoms with E-state index in [4.69, 9.17) is 9.47 Å². The van der Waals surface area contributed by atoms with Crippen LogP contribution in [0.15, 0.2) is 18.2 Å². The van der Waals surface area contributed by atoms with E-state index in [0.717, 1.165) is 5.56 Å². The molecule has 0 aliphatic carbocycles. The van der Waals surface area contributed by atoms with Crippen molar-refractivity contribution in [2.24, 2.45) is 0 Å². The van der Waals surface area contributed by atoms with Crippen molar-refractivity contribution in [1.82, 2.24) is 5.32 Å². The molecule has 5 nitrogen and oxygen atoms in total. The Kier molecular flexibility index (Phi) is 6.29. The van der Waals surface area contributed by atoms with E-state index in [1.807, 2.05) is 32.0 Å². The molecule has 6 heteroatoms. The van der Waals surface area contributed by atoms with Gasteiger partial charge in [-0.2, -0.15) is 0 Å². The molecule has 1 rings (SSSR count). The van der Waals surface area contributed by atoms with Crippen molar-refractivity contribution in [2.45, 2.75) is 19.9 Å². The number of nitrogens with one attached hydrogen (secondary N) is 1. The highest BCUT2D eigenvalue weighted by Gasteiger charge is 2.17. The van der Waals surface area contributed by atoms with Crippen molar-refractivity contribution in [3.8, 4) is 11.5 Å². The van der Waals surface area contributed by atoms with Crippen LogP contribution < -0.4 is 14.8 Å². The quantitative estimate of drug-likeness (QED) is 0.793. The van der Waals surface area contributed by atoms with E-state index in [-0.39, 0.29) is 11.8 Å². The summed E-state index contributed by atoms with van der Waals surface area (Å²) in [5.41, 5.74) is 0.866. The fourth-order valence-electron chi connectivity index (χ4n) is 1.93. The summed E-state index contributed by atoms with van der Waals surface area (Å²) in [5, 5.41) is 3.02. The lowest BCUT2D eigenvalue weighted by Gasteiger charge is -2.18. The van der Waals surface area contributed by atoms with E-state index < -0.39 is 9.84 Å². The third-order valence-electron chi connectivity index (χ3n) is 2.79. The lowest BCUT2D eigenvalue weighted by Crippen LogP contribution is -2.24. The first kappa shape index (κ1) is 16.8. The second-order valence-electron chi connectivity index (χ2n) is 4.51. The molecule has 1 aromatic carbocycles. The third-order valence-corrected chi connectivity index (χ3v) is 3.73. The zero-order valence-electron chi connectivity index (χ0n) is 12.5. The van der Waals surface area contributed by atoms with Gasteiger partial charge in [-0.15, -0.1) is 0 Å². The monoisotopic (exact) mass is 301 g/mol. The summed E-state index contributed by atoms with van der Waals surface area (Å²) in [6.07, 6.45) is 1.23. The van der Waals surface area contributed by atoms with Gasteiger partial charge in [0.05, 0.1) is 19.0 Å². The summed E-state index contributed by atoms with van der Waals surface area (Å²) >= 11 is 0. The molecule has 0 aliphatic heterocycles. The number of rotatable bonds is 8. The van der Waals surface area contributed by atoms with Crippen molar-refractivity contribution in [2.75, 3.05) is 32.3 Å². The largest absolute Gasteiger partial charge is 0.490 e. The minimum absolute atomic E-state index is 0.0447. The first-order valence-electron chi connectivity index (χ1n) is 6.65. The normalized spacial score (nSPS) is 13.0. The number of hydrogen-bond donors (Lipinski definition) is 1. The Morgan fingerprint density at radius 2 is 1.75 bits per heavy atom. The molecule has 1 N–H and O–H groups in total. The highest BCUT2D eigenvalue weighted by Crippen LogP contribution is 2.31. The van der Waals surface area contributed by atoms with Crippen LogP contribution >= 0.6 is 0 Å². The molecule has 0 spiro atoms. The maximum atomic E-state index is 11.5. The second-order valence-corrected chi connectivity index (χ2v) is 6.69. The van der Waals surface area contributed by atoms with Gasteiger partial charge < -0.3 is 14.8 Å². The average molecular weight is 301 g/mol. The molecule has 1 unspecified atom stereocenters. The van der Waals surface area contributed by atoms with Crippen LogP contribution in [0.3, 0.4) is 0 Å². The molecule has 0 bridgehead atoms. The summed E-state index contributed by atoms with van der Waals surface area (Å²) in [6, 6.07) is 5.25. The molecule has 1 atom stereocenters. The highest BCUT2D eigenvalue weighted by atomic mass is 32.2. The molecule has 0 radical (unpaired) electrons. The smallest absolute Gasteiger partial charge is 0.161 e. The molecule has 1 aromatic rings. The molecule has 0 saturated heterocycles. The van der Waals surface area contributed by atoms with E-state index in [9.17, 15) is 8.42 Å². The Balaban J connectivity index is 3.07. The van der Waals surface area contributed by atoms with Crippen molar-refractivity contribution in [3.05, 3.63) is 23.8 Å². The summed E-state index contributed by atoms with van der Waals surface area (Å²) in [6.45, 7) is 4.89. The second kappa shape index (κ2) is 7.50. The van der Waals surface area contributed by atoms with Crippen LogP contribution in [0, 0.1) is 0 Å². The number of hydrogen-bond acceptors (Lipinski definition) is 5. The van der Waals surface area contributed by atoms with Gasteiger partial charge in [0.25, 0.3) is 0 Å². The Morgan fingerprint density at radius 3 is 2.25 bits per heavy atom. The average Bonchev–Trinajstić information content (AvgIpc) is 2.37. The molecule has 0 aliphatic rings. The maximum Gasteiger partial charge on any atom is 0.161 e. The molecule has 114 valence electrons. The van der Waals surface area contributed by atoms with Crippen LogP contribution in [0.4, 0.5) is 0 Å². The third kappa shape index (κ3) is 5.02. The number of sulfone groups is 1. The van der Waals surface area contributed by atoms with Gasteiger partial charge in [0.2, 0.25) is 0 Å². The zero-order valence-corrected chi connectivity index (χ0v) is 13.3. The van der Waals surface area contributed by atoms with Crippen molar-refractivity contribution in [3.63, 3.8) is 0 Å². The van der Waals surface area contributed by atoms with Gasteiger partial charge in [-0.1, -0.05) is 6.07 Å². The van der Waals surface area contributed by atoms with Crippen molar-refractivity contribution in [1.29, 1.82) is 0 Å². The fraction of sp³-hybridized carbons (Fsp3) is 0.571. The van der Waals surface area contributed by atoms with Crippen LogP contribution in [-0.4, -0.2) is 40.7 Å². The lowest BCUT2D eigenvalue weighted by atomic mass is 10.1. The van der Waals surface area contributed by atoms with Crippen molar-refractivity contribution >= 4 is 9.84 Å². The van der Waals surface area contributed by atoms with Crippen LogP contribution in [0.1, 0.15) is 25.5 Å². The van der Waals surface area contributed by atoms with E-state index in [0.29, 0.717) is 24.7 Å². The SMILES string of the molecule is CCOc1ccc(C(CS(C)(=O)=O)NC)cc1OCC. The summed E-state index contributed by atoms with van der Waals surface area (Å²) < 4.78 is 34.0. The van der Waals surface area contributed by atoms with Gasteiger partial charge in [-0.3, -0.25) is 0 Å². The van der Waals surface area contributed by atoms with E-state index >= 15 is 0 Å². The summed E-state index contributed by atoms with van der Waals surface area (Å²) in [5.74, 6) is 1.36. The van der Waals surface area contributed by atoms with Gasteiger partial charge in [-0.25, -0.2) is 8.42 Å². The predicted octanol–water partition coefficient (Wildman–Crippen LogP) is 1.79. The molecule has 0 aromatic heterocycles. The predicted molar refractivity (Wildman–Crippen MR) is 80.3 cm³/mol. The summed E-state index contributed by atoms with van der Waals surface area (Å²) in [7, 11) is -1.32. The molecule has 20 heavy (non-hydrogen) atoms. The lowest BCUT2D eigenvalue weighted by molar-refractivity contribution is 0.287. The molecule has 0 saturated carbocycles. The van der Waals surface area contributed by atoms with Gasteiger partial charge >= 0.3 is 0 Å². The highest BCUT2D eigenvalue weighted by molar-refractivity contribution is 7.90. The maximum absolute atomic E-state index is 11.5. The Bertz CT molecular complexity index is 528. The Hall–Kier alpha value is -1.27. The van der Waals surface area contributed by atoms with Crippen LogP contribution in [-0.2, 0) is 9.84 Å². The van der Waals surface area contributed by atoms with Gasteiger partial charge in [0, 0.05) is 12.3 Å². The van der Waals surface area contributed by atoms with Gasteiger partial charge in [-0.05, 0) is 38.6 Å². The molecule has 0 amide bonds. The molecular weight excluding hydrogens is 278 g/mol. The molecule has 0 heterocycles. The fourth-order valence-corrected chi connectivity index (χ4v) is 2.90. The number of ether oxygens (including phenoxy) is 2. The van der Waals surface area contributed by atoms with E-state index in [2.05, 4.69) is 5.32 Å². The van der Waals surface area contributed by atoms with Crippen LogP contribution in [0.25, 0.3) is 0 Å². The summed E-state index contributed by atoms with van der Waals surface area (Å²) in [4.78, 5) is 0. The van der Waals surface area contributed by atoms with Gasteiger partial charge in [0.15, 0.2) is 11.5 Å². The minimum atomic E-state index is -3.06. The zero-order chi connectivity index (χ0) is 15.2. The minimum Gasteiger partial charge on any atom is -0.490 e. The van der Waals surface area contributed by atoms with Gasteiger partial charge in [0.1, 0.15) is 9.84 Å². The standard InChI is InChI=1S/C14H23NO4S/c1-5-18-13-8-7-11(9-14(13)19-6-2)12(15-3)10-20(4,16)17/h7-9,12,15H,5-6,10H2,1-4H3. The van der Waals surface area contributed by atoms with Crippen LogP contribution in [0.2, 0.25) is 0 Å². The van der Waals surface area contributed by atoms with Crippen LogP contribution in [0.5, 0.6) is 11.5 Å². The first-order valence-corrected chi connectivity index (χ1v) is 8.71. The molecule has 0 fully saturated rings. The Labute approximate surface area is 121 Å². The topological polar surface area (TPSA) is 64.6 Å². The number of benzene rings is 1. The van der Waals surface area contributed by atoms with Crippen molar-refractivity contribution < 1.29 is 17.9 Å². The van der Waals surface area contributed by atoms with E-state index in [1.165, 1.54) is 6.26 Å². The Morgan fingerprint density at radius 1 is 1.15 bits per heavy atom. The van der Waals surface area contributed by atoms with E-state index in [1.54, 1.807) is 7.05 Å². The molecular formula is C14H23NO4S. The first-order chi connectivity index (χ1) is 9.41.